The fourth-order valence-electron chi connectivity index (χ4n) is 4.85. The van der Waals surface area contributed by atoms with Gasteiger partial charge in [-0.2, -0.15) is 0 Å². The Kier molecular flexibility index (Phi) is 6.51. The molecule has 0 saturated carbocycles. The largest absolute Gasteiger partial charge is 0.478 e. The molecule has 1 rings (SSSR count). The lowest BCUT2D eigenvalue weighted by Gasteiger charge is -2.60. The van der Waals surface area contributed by atoms with Gasteiger partial charge in [0.15, 0.2) is 0 Å². The molecule has 0 aromatic rings. The standard InChI is InChI=1S/C25H44O3/c1-13-23(9,10)18-16(20(26)27)15-17(21(3,4)5)25(28,24(11,12)14-2)19(18)22(6,7)8/h15,19,28H,13-14H2,1-12H3,(H,26,27). The average molecular weight is 393 g/mol. The van der Waals surface area contributed by atoms with Gasteiger partial charge in [0.05, 0.1) is 11.2 Å². The molecule has 0 spiro atoms. The van der Waals surface area contributed by atoms with E-state index in [1.165, 1.54) is 0 Å². The number of rotatable bonds is 5. The van der Waals surface area contributed by atoms with E-state index in [1.807, 2.05) is 0 Å². The minimum atomic E-state index is -1.14. The number of hydrogen-bond acceptors (Lipinski definition) is 2. The molecule has 0 amide bonds. The molecule has 0 bridgehead atoms. The Bertz CT molecular complexity index is 678. The van der Waals surface area contributed by atoms with Gasteiger partial charge in [-0.25, -0.2) is 4.79 Å². The highest BCUT2D eigenvalue weighted by molar-refractivity contribution is 5.92. The zero-order chi connectivity index (χ0) is 22.5. The van der Waals surface area contributed by atoms with Crippen LogP contribution in [-0.4, -0.2) is 21.8 Å². The second kappa shape index (κ2) is 7.31. The van der Waals surface area contributed by atoms with Crippen LogP contribution in [0, 0.1) is 27.6 Å². The Morgan fingerprint density at radius 3 is 1.71 bits per heavy atom. The summed E-state index contributed by atoms with van der Waals surface area (Å²) in [4.78, 5) is 12.4. The van der Waals surface area contributed by atoms with Crippen LogP contribution >= 0.6 is 0 Å². The Morgan fingerprint density at radius 1 is 0.964 bits per heavy atom. The predicted molar refractivity (Wildman–Crippen MR) is 118 cm³/mol. The van der Waals surface area contributed by atoms with Crippen molar-refractivity contribution in [3.8, 4) is 0 Å². The first-order valence-electron chi connectivity index (χ1n) is 10.7. The van der Waals surface area contributed by atoms with Crippen molar-refractivity contribution in [1.29, 1.82) is 0 Å². The maximum absolute atomic E-state index is 12.6. The summed E-state index contributed by atoms with van der Waals surface area (Å²) in [5.41, 5.74) is -0.465. The lowest BCUT2D eigenvalue weighted by molar-refractivity contribution is -0.134. The van der Waals surface area contributed by atoms with Gasteiger partial charge in [-0.15, -0.1) is 0 Å². The van der Waals surface area contributed by atoms with Crippen LogP contribution in [0.25, 0.3) is 0 Å². The number of hydrogen-bond donors (Lipinski definition) is 2. The minimum absolute atomic E-state index is 0.296. The normalized spacial score (nSPS) is 25.0. The molecule has 3 heteroatoms. The number of aliphatic carboxylic acids is 1. The monoisotopic (exact) mass is 392 g/mol. The molecule has 2 atom stereocenters. The lowest BCUT2D eigenvalue weighted by atomic mass is 9.47. The zero-order valence-electron chi connectivity index (χ0n) is 20.4. The van der Waals surface area contributed by atoms with Gasteiger partial charge in [0, 0.05) is 5.92 Å². The van der Waals surface area contributed by atoms with E-state index >= 15 is 0 Å². The Labute approximate surface area is 173 Å². The van der Waals surface area contributed by atoms with Gasteiger partial charge in [0.1, 0.15) is 0 Å². The maximum atomic E-state index is 12.6. The molecule has 1 aliphatic carbocycles. The van der Waals surface area contributed by atoms with Crippen LogP contribution in [0.2, 0.25) is 0 Å². The Balaban J connectivity index is 4.25. The van der Waals surface area contributed by atoms with Gasteiger partial charge in [0.2, 0.25) is 0 Å². The summed E-state index contributed by atoms with van der Waals surface area (Å²) in [6, 6.07) is 0. The van der Waals surface area contributed by atoms with E-state index in [4.69, 9.17) is 0 Å². The summed E-state index contributed by atoms with van der Waals surface area (Å²) >= 11 is 0. The van der Waals surface area contributed by atoms with Crippen molar-refractivity contribution in [2.75, 3.05) is 0 Å². The molecule has 0 aliphatic heterocycles. The SMILES string of the molecule is CCC(C)(C)C1=C(C(=O)O)C=C(C(C)(C)C)C(O)(C(C)(C)CC)C1C(C)(C)C. The van der Waals surface area contributed by atoms with Gasteiger partial charge < -0.3 is 10.2 Å². The molecule has 28 heavy (non-hydrogen) atoms. The smallest absolute Gasteiger partial charge is 0.335 e. The van der Waals surface area contributed by atoms with E-state index < -0.39 is 17.0 Å². The first-order valence-corrected chi connectivity index (χ1v) is 10.7. The van der Waals surface area contributed by atoms with E-state index in [0.29, 0.717) is 5.57 Å². The third-order valence-electron chi connectivity index (χ3n) is 7.13. The molecule has 1 aliphatic rings. The molecule has 0 heterocycles. The van der Waals surface area contributed by atoms with Crippen molar-refractivity contribution < 1.29 is 15.0 Å². The summed E-state index contributed by atoms with van der Waals surface area (Å²) in [5, 5.41) is 22.8. The number of carboxylic acids is 1. The highest BCUT2D eigenvalue weighted by atomic mass is 16.4. The van der Waals surface area contributed by atoms with Gasteiger partial charge in [-0.3, -0.25) is 0 Å². The average Bonchev–Trinajstić information content (AvgIpc) is 2.51. The summed E-state index contributed by atoms with van der Waals surface area (Å²) in [6.07, 6.45) is 3.41. The summed E-state index contributed by atoms with van der Waals surface area (Å²) in [7, 11) is 0. The van der Waals surface area contributed by atoms with Gasteiger partial charge in [-0.1, -0.05) is 83.1 Å². The van der Waals surface area contributed by atoms with Crippen LogP contribution < -0.4 is 0 Å². The molecule has 2 N–H and O–H groups in total. The summed E-state index contributed by atoms with van der Waals surface area (Å²) in [6.45, 7) is 25.3. The van der Waals surface area contributed by atoms with Crippen molar-refractivity contribution in [3.05, 3.63) is 22.8 Å². The van der Waals surface area contributed by atoms with Gasteiger partial charge in [-0.05, 0) is 51.7 Å². The minimum Gasteiger partial charge on any atom is -0.478 e. The van der Waals surface area contributed by atoms with Crippen LogP contribution in [0.5, 0.6) is 0 Å². The van der Waals surface area contributed by atoms with E-state index in [2.05, 4.69) is 83.1 Å². The zero-order valence-corrected chi connectivity index (χ0v) is 20.4. The number of aliphatic hydroxyl groups is 1. The van der Waals surface area contributed by atoms with Crippen molar-refractivity contribution in [2.45, 2.75) is 102 Å². The second-order valence-electron chi connectivity index (χ2n) is 12.0. The third kappa shape index (κ3) is 3.97. The quantitative estimate of drug-likeness (QED) is 0.553. The summed E-state index contributed by atoms with van der Waals surface area (Å²) < 4.78 is 0. The van der Waals surface area contributed by atoms with E-state index in [0.717, 1.165) is 24.0 Å². The van der Waals surface area contributed by atoms with Crippen LogP contribution in [0.4, 0.5) is 0 Å². The lowest BCUT2D eigenvalue weighted by Crippen LogP contribution is -2.61. The fraction of sp³-hybridized carbons (Fsp3) is 0.800. The molecule has 162 valence electrons. The fourth-order valence-corrected chi connectivity index (χ4v) is 4.85. The molecule has 3 nitrogen and oxygen atoms in total. The van der Waals surface area contributed by atoms with Crippen LogP contribution in [0.15, 0.2) is 22.8 Å². The van der Waals surface area contributed by atoms with Gasteiger partial charge >= 0.3 is 5.97 Å². The first-order chi connectivity index (χ1) is 12.3. The van der Waals surface area contributed by atoms with Crippen molar-refractivity contribution >= 4 is 5.97 Å². The van der Waals surface area contributed by atoms with Gasteiger partial charge in [0.25, 0.3) is 0 Å². The molecular formula is C25H44O3. The maximum Gasteiger partial charge on any atom is 0.335 e. The van der Waals surface area contributed by atoms with Crippen molar-refractivity contribution in [2.24, 2.45) is 27.6 Å². The molecular weight excluding hydrogens is 348 g/mol. The molecule has 0 saturated heterocycles. The molecule has 0 aromatic heterocycles. The topological polar surface area (TPSA) is 57.5 Å². The first kappa shape index (κ1) is 24.9. The van der Waals surface area contributed by atoms with E-state index in [-0.39, 0.29) is 22.2 Å². The Morgan fingerprint density at radius 2 is 1.43 bits per heavy atom. The van der Waals surface area contributed by atoms with E-state index in [9.17, 15) is 15.0 Å². The number of carbonyl (C=O) groups is 1. The molecule has 0 fully saturated rings. The summed E-state index contributed by atoms with van der Waals surface area (Å²) in [5.74, 6) is -1.20. The molecule has 0 aromatic carbocycles. The highest BCUT2D eigenvalue weighted by Gasteiger charge is 2.61. The predicted octanol–water partition coefficient (Wildman–Crippen LogP) is 6.62. The van der Waals surface area contributed by atoms with Crippen LogP contribution in [0.3, 0.4) is 0 Å². The Hall–Kier alpha value is -1.09. The van der Waals surface area contributed by atoms with E-state index in [1.54, 1.807) is 6.08 Å². The van der Waals surface area contributed by atoms with Crippen LogP contribution in [0.1, 0.15) is 95.9 Å². The van der Waals surface area contributed by atoms with Crippen LogP contribution in [-0.2, 0) is 4.79 Å². The third-order valence-corrected chi connectivity index (χ3v) is 7.13. The molecule has 2 unspecified atom stereocenters. The number of carboxylic acid groups (broad SMARTS) is 1. The highest BCUT2D eigenvalue weighted by Crippen LogP contribution is 2.62. The molecule has 0 radical (unpaired) electrons. The van der Waals surface area contributed by atoms with Crippen molar-refractivity contribution in [3.63, 3.8) is 0 Å². The second-order valence-corrected chi connectivity index (χ2v) is 12.0. The van der Waals surface area contributed by atoms with Crippen molar-refractivity contribution in [1.82, 2.24) is 0 Å².